The highest BCUT2D eigenvalue weighted by Gasteiger charge is 2.18. The van der Waals surface area contributed by atoms with E-state index in [1.165, 1.54) is 18.4 Å². The van der Waals surface area contributed by atoms with Gasteiger partial charge in [0.05, 0.1) is 24.6 Å². The van der Waals surface area contributed by atoms with Crippen LogP contribution in [0.2, 0.25) is 5.02 Å². The molecule has 9 heteroatoms. The number of benzene rings is 1. The van der Waals surface area contributed by atoms with Gasteiger partial charge in [-0.05, 0) is 37.3 Å². The van der Waals surface area contributed by atoms with E-state index in [9.17, 15) is 4.79 Å². The van der Waals surface area contributed by atoms with E-state index in [2.05, 4.69) is 15.4 Å². The summed E-state index contributed by atoms with van der Waals surface area (Å²) in [4.78, 5) is 17.4. The molecule has 4 rings (SSSR count). The molecular formula is C19H15ClN4O3S. The minimum atomic E-state index is -0.358. The van der Waals surface area contributed by atoms with Crippen molar-refractivity contribution in [3.63, 3.8) is 0 Å². The highest BCUT2D eigenvalue weighted by molar-refractivity contribution is 7.12. The van der Waals surface area contributed by atoms with E-state index in [1.807, 2.05) is 18.4 Å². The van der Waals surface area contributed by atoms with Crippen LogP contribution in [0.1, 0.15) is 16.1 Å². The zero-order chi connectivity index (χ0) is 19.7. The third kappa shape index (κ3) is 3.51. The van der Waals surface area contributed by atoms with Crippen molar-refractivity contribution in [3.8, 4) is 22.3 Å². The second-order valence-corrected chi connectivity index (χ2v) is 7.15. The molecule has 28 heavy (non-hydrogen) atoms. The fourth-order valence-corrected chi connectivity index (χ4v) is 3.62. The van der Waals surface area contributed by atoms with Crippen LogP contribution in [0.4, 0.5) is 5.82 Å². The number of rotatable bonds is 5. The van der Waals surface area contributed by atoms with E-state index < -0.39 is 0 Å². The Hall–Kier alpha value is -3.10. The van der Waals surface area contributed by atoms with Crippen LogP contribution < -0.4 is 10.1 Å². The number of hydrogen-bond acceptors (Lipinski definition) is 6. The van der Waals surface area contributed by atoms with Gasteiger partial charge in [-0.1, -0.05) is 11.6 Å². The lowest BCUT2D eigenvalue weighted by molar-refractivity contribution is 0.102. The topological polar surface area (TPSA) is 82.2 Å². The highest BCUT2D eigenvalue weighted by atomic mass is 35.5. The van der Waals surface area contributed by atoms with E-state index in [0.717, 1.165) is 5.69 Å². The van der Waals surface area contributed by atoms with Crippen molar-refractivity contribution in [3.05, 3.63) is 64.3 Å². The van der Waals surface area contributed by atoms with Crippen LogP contribution in [0.25, 0.3) is 16.6 Å². The van der Waals surface area contributed by atoms with Crippen LogP contribution in [0.5, 0.6) is 5.75 Å². The van der Waals surface area contributed by atoms with Gasteiger partial charge >= 0.3 is 0 Å². The molecule has 0 saturated carbocycles. The molecule has 1 N–H and O–H groups in total. The fourth-order valence-electron chi connectivity index (χ4n) is 2.67. The summed E-state index contributed by atoms with van der Waals surface area (Å²) < 4.78 is 12.2. The molecule has 4 aromatic rings. The number of thiazole rings is 1. The lowest BCUT2D eigenvalue weighted by Crippen LogP contribution is -2.16. The summed E-state index contributed by atoms with van der Waals surface area (Å²) in [5.74, 6) is 1.23. The van der Waals surface area contributed by atoms with E-state index in [4.69, 9.17) is 20.8 Å². The summed E-state index contributed by atoms with van der Waals surface area (Å²) in [6.45, 7) is 1.84. The van der Waals surface area contributed by atoms with Crippen LogP contribution in [0.3, 0.4) is 0 Å². The number of carbonyl (C=O) groups is 1. The third-order valence-corrected chi connectivity index (χ3v) is 4.98. The second kappa shape index (κ2) is 7.49. The number of ether oxygens (including phenoxy) is 1. The summed E-state index contributed by atoms with van der Waals surface area (Å²) in [6, 6.07) is 10.3. The van der Waals surface area contributed by atoms with Gasteiger partial charge in [-0.3, -0.25) is 4.79 Å². The van der Waals surface area contributed by atoms with E-state index in [0.29, 0.717) is 38.7 Å². The number of aromatic nitrogens is 3. The van der Waals surface area contributed by atoms with Crippen LogP contribution in [0, 0.1) is 6.92 Å². The Balaban J connectivity index is 1.66. The number of furan rings is 1. The second-order valence-electron chi connectivity index (χ2n) is 5.87. The molecule has 7 nitrogen and oxygen atoms in total. The maximum Gasteiger partial charge on any atom is 0.260 e. The van der Waals surface area contributed by atoms with Gasteiger partial charge in [0.15, 0.2) is 5.76 Å². The zero-order valence-electron chi connectivity index (χ0n) is 15.0. The molecule has 0 aliphatic heterocycles. The van der Waals surface area contributed by atoms with E-state index in [-0.39, 0.29) is 5.91 Å². The van der Waals surface area contributed by atoms with Crippen molar-refractivity contribution in [2.24, 2.45) is 0 Å². The summed E-state index contributed by atoms with van der Waals surface area (Å²) >= 11 is 7.43. The Morgan fingerprint density at radius 2 is 2.18 bits per heavy atom. The van der Waals surface area contributed by atoms with Crippen molar-refractivity contribution >= 4 is 34.7 Å². The lowest BCUT2D eigenvalue weighted by Gasteiger charge is -2.10. The summed E-state index contributed by atoms with van der Waals surface area (Å²) in [6.07, 6.45) is 1.59. The van der Waals surface area contributed by atoms with Gasteiger partial charge < -0.3 is 14.5 Å². The standard InChI is InChI=1S/C19H15ClN4O3S/c1-11-8-17(22-18(25)13-9-12(20)5-6-15(13)26-2)24(23-11)19-21-14(10-28-19)16-4-3-7-27-16/h3-10H,1-2H3,(H,22,25). The SMILES string of the molecule is COc1ccc(Cl)cc1C(=O)Nc1cc(C)nn1-c1nc(-c2ccco2)cs1. The Kier molecular flexibility index (Phi) is 4.89. The van der Waals surface area contributed by atoms with Crippen molar-refractivity contribution in [2.75, 3.05) is 12.4 Å². The highest BCUT2D eigenvalue weighted by Crippen LogP contribution is 2.28. The van der Waals surface area contributed by atoms with Crippen molar-refractivity contribution in [1.29, 1.82) is 0 Å². The van der Waals surface area contributed by atoms with E-state index >= 15 is 0 Å². The number of carbonyl (C=O) groups excluding carboxylic acids is 1. The Labute approximate surface area is 169 Å². The zero-order valence-corrected chi connectivity index (χ0v) is 16.5. The number of methoxy groups -OCH3 is 1. The molecular weight excluding hydrogens is 400 g/mol. The molecule has 1 aromatic carbocycles. The quantitative estimate of drug-likeness (QED) is 0.506. The number of anilines is 1. The van der Waals surface area contributed by atoms with Gasteiger partial charge in [0.25, 0.3) is 5.91 Å². The minimum absolute atomic E-state index is 0.329. The van der Waals surface area contributed by atoms with Crippen molar-refractivity contribution < 1.29 is 13.9 Å². The van der Waals surface area contributed by atoms with Gasteiger partial charge in [0.2, 0.25) is 5.13 Å². The summed E-state index contributed by atoms with van der Waals surface area (Å²) in [5.41, 5.74) is 1.77. The molecule has 3 heterocycles. The average molecular weight is 415 g/mol. The molecule has 3 aromatic heterocycles. The Morgan fingerprint density at radius 1 is 1.32 bits per heavy atom. The predicted octanol–water partition coefficient (Wildman–Crippen LogP) is 4.81. The molecule has 0 atom stereocenters. The first-order valence-corrected chi connectivity index (χ1v) is 9.52. The maximum atomic E-state index is 12.8. The number of halogens is 1. The van der Waals surface area contributed by atoms with Crippen LogP contribution in [-0.2, 0) is 0 Å². The molecule has 0 spiro atoms. The molecule has 0 bridgehead atoms. The molecule has 0 saturated heterocycles. The molecule has 0 fully saturated rings. The van der Waals surface area contributed by atoms with Gasteiger partial charge in [0.1, 0.15) is 17.3 Å². The number of aryl methyl sites for hydroxylation is 1. The Morgan fingerprint density at radius 3 is 2.93 bits per heavy atom. The number of amides is 1. The first kappa shape index (κ1) is 18.3. The van der Waals surface area contributed by atoms with Crippen molar-refractivity contribution in [1.82, 2.24) is 14.8 Å². The predicted molar refractivity (Wildman–Crippen MR) is 108 cm³/mol. The first-order valence-electron chi connectivity index (χ1n) is 8.26. The normalized spacial score (nSPS) is 10.8. The van der Waals surface area contributed by atoms with Gasteiger partial charge in [0, 0.05) is 16.5 Å². The largest absolute Gasteiger partial charge is 0.496 e. The number of hydrogen-bond donors (Lipinski definition) is 1. The smallest absolute Gasteiger partial charge is 0.260 e. The van der Waals surface area contributed by atoms with Crippen molar-refractivity contribution in [2.45, 2.75) is 6.92 Å². The van der Waals surface area contributed by atoms with Gasteiger partial charge in [-0.25, -0.2) is 4.98 Å². The summed E-state index contributed by atoms with van der Waals surface area (Å²) in [5, 5.41) is 10.2. The first-order chi connectivity index (χ1) is 13.5. The Bertz CT molecular complexity index is 1130. The maximum absolute atomic E-state index is 12.8. The third-order valence-electron chi connectivity index (χ3n) is 3.93. The van der Waals surface area contributed by atoms with Crippen LogP contribution >= 0.6 is 22.9 Å². The number of nitrogens with one attached hydrogen (secondary N) is 1. The van der Waals surface area contributed by atoms with Crippen LogP contribution in [0.15, 0.2) is 52.5 Å². The molecule has 0 radical (unpaired) electrons. The summed E-state index contributed by atoms with van der Waals surface area (Å²) in [7, 11) is 1.50. The fraction of sp³-hybridized carbons (Fsp3) is 0.105. The lowest BCUT2D eigenvalue weighted by atomic mass is 10.2. The minimum Gasteiger partial charge on any atom is -0.496 e. The number of nitrogens with zero attached hydrogens (tertiary/aromatic N) is 3. The van der Waals surface area contributed by atoms with Gasteiger partial charge in [-0.15, -0.1) is 11.3 Å². The van der Waals surface area contributed by atoms with Crippen LogP contribution in [-0.4, -0.2) is 27.8 Å². The average Bonchev–Trinajstić information content (AvgIpc) is 3.42. The molecule has 1 amide bonds. The van der Waals surface area contributed by atoms with Gasteiger partial charge in [-0.2, -0.15) is 9.78 Å². The molecule has 0 unspecified atom stereocenters. The van der Waals surface area contributed by atoms with E-state index in [1.54, 1.807) is 41.3 Å². The molecule has 142 valence electrons. The molecule has 0 aliphatic rings. The molecule has 0 aliphatic carbocycles. The monoisotopic (exact) mass is 414 g/mol.